The summed E-state index contributed by atoms with van der Waals surface area (Å²) in [5.74, 6) is -2.38. The molecule has 0 aliphatic heterocycles. The van der Waals surface area contributed by atoms with Gasteiger partial charge in [-0.05, 0) is 51.4 Å². The Kier molecular flexibility index (Phi) is 47.4. The number of carboxylic acids is 1. The Labute approximate surface area is 403 Å². The second kappa shape index (κ2) is 49.1. The molecular formula is C54H100NO10P. The van der Waals surface area contributed by atoms with E-state index in [1.54, 1.807) is 0 Å². The molecule has 1 amide bonds. The molecule has 4 N–H and O–H groups in total. The highest BCUT2D eigenvalue weighted by Crippen LogP contribution is 2.43. The second-order valence-corrected chi connectivity index (χ2v) is 19.9. The summed E-state index contributed by atoms with van der Waals surface area (Å²) < 4.78 is 27.0. The van der Waals surface area contributed by atoms with Crippen LogP contribution in [-0.4, -0.2) is 64.9 Å². The number of nitrogens with one attached hydrogen (secondary N) is 1. The Morgan fingerprint density at radius 2 is 0.833 bits per heavy atom. The third kappa shape index (κ3) is 48.2. The quantitative estimate of drug-likeness (QED) is 0.0199. The second-order valence-electron chi connectivity index (χ2n) is 18.4. The number of amides is 1. The van der Waals surface area contributed by atoms with Gasteiger partial charge in [0.25, 0.3) is 0 Å². The van der Waals surface area contributed by atoms with Gasteiger partial charge in [0.15, 0.2) is 6.04 Å². The number of hydrogen-bond acceptors (Lipinski definition) is 8. The maximum atomic E-state index is 12.4. The van der Waals surface area contributed by atoms with Gasteiger partial charge in [0.05, 0.1) is 13.2 Å². The van der Waals surface area contributed by atoms with E-state index in [2.05, 4.69) is 55.6 Å². The predicted octanol–water partition coefficient (Wildman–Crippen LogP) is 15.1. The van der Waals surface area contributed by atoms with Crippen molar-refractivity contribution in [3.63, 3.8) is 0 Å². The van der Waals surface area contributed by atoms with Crippen molar-refractivity contribution in [1.29, 1.82) is 0 Å². The smallest absolute Gasteiger partial charge is 0.472 e. The molecule has 0 aliphatic rings. The van der Waals surface area contributed by atoms with Gasteiger partial charge in [-0.1, -0.05) is 230 Å². The van der Waals surface area contributed by atoms with E-state index in [1.165, 1.54) is 148 Å². The number of carbonyl (C=O) groups is 3. The van der Waals surface area contributed by atoms with Crippen LogP contribution in [0.25, 0.3) is 0 Å². The number of unbranched alkanes of at least 4 members (excludes halogenated alkanes) is 31. The number of carbonyl (C=O) groups excluding carboxylic acids is 2. The number of aliphatic hydroxyl groups is 1. The minimum absolute atomic E-state index is 0.131. The van der Waals surface area contributed by atoms with Crippen LogP contribution in [0.4, 0.5) is 0 Å². The van der Waals surface area contributed by atoms with Gasteiger partial charge in [-0.15, -0.1) is 0 Å². The van der Waals surface area contributed by atoms with E-state index in [-0.39, 0.29) is 12.8 Å². The molecule has 0 fully saturated rings. The van der Waals surface area contributed by atoms with Crippen LogP contribution in [-0.2, 0) is 32.7 Å². The van der Waals surface area contributed by atoms with E-state index < -0.39 is 57.6 Å². The number of esters is 1. The van der Waals surface area contributed by atoms with Crippen LogP contribution in [0.1, 0.15) is 258 Å². The number of phosphoric acid groups is 1. The normalized spacial score (nSPS) is 13.8. The molecule has 0 heterocycles. The number of aliphatic hydroxyl groups excluding tert-OH is 1. The minimum Gasteiger partial charge on any atom is -0.480 e. The van der Waals surface area contributed by atoms with E-state index in [9.17, 15) is 34.1 Å². The van der Waals surface area contributed by atoms with Crippen molar-refractivity contribution >= 4 is 25.7 Å². The molecule has 0 aromatic heterocycles. The van der Waals surface area contributed by atoms with Gasteiger partial charge >= 0.3 is 19.8 Å². The SMILES string of the molecule is CCCCC/C=C\C/C=C\C/C=C\CCCCCCCCC(=O)NC(COP(=O)(O)OCC(O)COC(=O)CCCCCCCCCCCCCCCCCCCCCCCCC)C(=O)O. The van der Waals surface area contributed by atoms with Crippen LogP contribution in [0.5, 0.6) is 0 Å². The molecule has 0 rings (SSSR count). The number of carboxylic acid groups (broad SMARTS) is 1. The first-order chi connectivity index (χ1) is 32.1. The summed E-state index contributed by atoms with van der Waals surface area (Å²) in [5.41, 5.74) is 0. The molecule has 0 radical (unpaired) electrons. The monoisotopic (exact) mass is 954 g/mol. The first kappa shape index (κ1) is 63.7. The number of hydrogen-bond donors (Lipinski definition) is 4. The molecule has 11 nitrogen and oxygen atoms in total. The Balaban J connectivity index is 3.79. The molecule has 0 saturated carbocycles. The predicted molar refractivity (Wildman–Crippen MR) is 272 cm³/mol. The fourth-order valence-electron chi connectivity index (χ4n) is 7.74. The molecular weight excluding hydrogens is 854 g/mol. The van der Waals surface area contributed by atoms with Crippen LogP contribution in [0, 0.1) is 0 Å². The molecule has 3 unspecified atom stereocenters. The van der Waals surface area contributed by atoms with Crippen molar-refractivity contribution in [2.75, 3.05) is 19.8 Å². The van der Waals surface area contributed by atoms with Crippen molar-refractivity contribution in [3.05, 3.63) is 36.5 Å². The first-order valence-corrected chi connectivity index (χ1v) is 28.5. The number of phosphoric ester groups is 1. The van der Waals surface area contributed by atoms with Gasteiger partial charge in [0.2, 0.25) is 5.91 Å². The summed E-state index contributed by atoms with van der Waals surface area (Å²) in [7, 11) is -4.77. The van der Waals surface area contributed by atoms with Gasteiger partial charge in [-0.2, -0.15) is 0 Å². The van der Waals surface area contributed by atoms with Crippen LogP contribution >= 0.6 is 7.82 Å². The van der Waals surface area contributed by atoms with E-state index in [0.29, 0.717) is 12.8 Å². The van der Waals surface area contributed by atoms with E-state index in [1.807, 2.05) is 0 Å². The van der Waals surface area contributed by atoms with Crippen LogP contribution in [0.3, 0.4) is 0 Å². The first-order valence-electron chi connectivity index (χ1n) is 27.0. The average molecular weight is 954 g/mol. The lowest BCUT2D eigenvalue weighted by Crippen LogP contribution is -2.43. The summed E-state index contributed by atoms with van der Waals surface area (Å²) in [6, 6.07) is -1.55. The number of rotatable bonds is 51. The third-order valence-corrected chi connectivity index (χ3v) is 12.9. The van der Waals surface area contributed by atoms with Crippen molar-refractivity contribution in [3.8, 4) is 0 Å². The van der Waals surface area contributed by atoms with Gasteiger partial charge in [-0.3, -0.25) is 18.6 Å². The lowest BCUT2D eigenvalue weighted by Gasteiger charge is -2.18. The highest BCUT2D eigenvalue weighted by molar-refractivity contribution is 7.47. The number of allylic oxidation sites excluding steroid dienone is 6. The highest BCUT2D eigenvalue weighted by Gasteiger charge is 2.28. The lowest BCUT2D eigenvalue weighted by molar-refractivity contribution is -0.147. The molecule has 3 atom stereocenters. The fraction of sp³-hybridized carbons (Fsp3) is 0.833. The molecule has 0 aliphatic carbocycles. The molecule has 0 bridgehead atoms. The molecule has 12 heteroatoms. The van der Waals surface area contributed by atoms with Crippen molar-refractivity contribution < 1.29 is 47.8 Å². The molecule has 0 spiro atoms. The van der Waals surface area contributed by atoms with Gasteiger partial charge in [0.1, 0.15) is 12.7 Å². The molecule has 0 saturated heterocycles. The number of ether oxygens (including phenoxy) is 1. The Morgan fingerprint density at radius 1 is 0.485 bits per heavy atom. The van der Waals surface area contributed by atoms with Crippen molar-refractivity contribution in [1.82, 2.24) is 5.32 Å². The van der Waals surface area contributed by atoms with E-state index in [4.69, 9.17) is 13.8 Å². The van der Waals surface area contributed by atoms with Crippen molar-refractivity contribution in [2.45, 2.75) is 270 Å². The summed E-state index contributed by atoms with van der Waals surface area (Å²) >= 11 is 0. The Bertz CT molecular complexity index is 1260. The minimum atomic E-state index is -4.77. The van der Waals surface area contributed by atoms with Crippen LogP contribution < -0.4 is 5.32 Å². The largest absolute Gasteiger partial charge is 0.480 e. The lowest BCUT2D eigenvalue weighted by atomic mass is 10.0. The highest BCUT2D eigenvalue weighted by atomic mass is 31.2. The van der Waals surface area contributed by atoms with E-state index in [0.717, 1.165) is 70.6 Å². The van der Waals surface area contributed by atoms with Gasteiger partial charge in [-0.25, -0.2) is 9.36 Å². The van der Waals surface area contributed by atoms with Gasteiger partial charge < -0.3 is 25.2 Å². The summed E-state index contributed by atoms with van der Waals surface area (Å²) in [6.45, 7) is 2.61. The van der Waals surface area contributed by atoms with Gasteiger partial charge in [0, 0.05) is 12.8 Å². The van der Waals surface area contributed by atoms with Crippen LogP contribution in [0.2, 0.25) is 0 Å². The zero-order chi connectivity index (χ0) is 48.4. The maximum Gasteiger partial charge on any atom is 0.472 e. The molecule has 66 heavy (non-hydrogen) atoms. The Hall–Kier alpha value is -2.30. The molecule has 0 aromatic rings. The van der Waals surface area contributed by atoms with E-state index >= 15 is 0 Å². The zero-order valence-corrected chi connectivity index (χ0v) is 43.2. The summed E-state index contributed by atoms with van der Waals surface area (Å²) in [4.78, 5) is 46.2. The third-order valence-electron chi connectivity index (χ3n) is 11.9. The average Bonchev–Trinajstić information content (AvgIpc) is 3.29. The maximum absolute atomic E-state index is 12.4. The Morgan fingerprint density at radius 3 is 1.27 bits per heavy atom. The molecule has 0 aromatic carbocycles. The number of aliphatic carboxylic acids is 1. The molecule has 386 valence electrons. The summed E-state index contributed by atoms with van der Waals surface area (Å²) in [5, 5.41) is 21.9. The summed E-state index contributed by atoms with van der Waals surface area (Å²) in [6.07, 6.45) is 56.0. The fourth-order valence-corrected chi connectivity index (χ4v) is 8.51. The zero-order valence-electron chi connectivity index (χ0n) is 42.3. The van der Waals surface area contributed by atoms with Crippen molar-refractivity contribution in [2.24, 2.45) is 0 Å². The van der Waals surface area contributed by atoms with Crippen LogP contribution in [0.15, 0.2) is 36.5 Å². The topological polar surface area (TPSA) is 169 Å². The standard InChI is InChI=1S/C54H100NO10P/c1-3-5-7-9-11-13-15-17-19-21-23-24-25-26-28-30-32-34-36-38-40-42-44-46-53(58)63-47-50(56)48-64-66(61,62)65-49-51(54(59)60)55-52(57)45-43-41-39-37-35-33-31-29-27-22-20-18-16-14-12-10-8-6-4-2/h12,14,18,20,27,29,50-51,56H,3-11,13,15-17,19,21-26,28,30-49H2,1-2H3,(H,55,57)(H,59,60)(H,61,62)/b14-12-,20-18-,29-27-.